The zero-order valence-electron chi connectivity index (χ0n) is 19.0. The highest BCUT2D eigenvalue weighted by atomic mass is 35.5. The molecule has 9 nitrogen and oxygen atoms in total. The number of carbonyl (C=O) groups is 4. The molecule has 0 spiro atoms. The number of hydrogen-bond acceptors (Lipinski definition) is 4. The van der Waals surface area contributed by atoms with E-state index in [1.165, 1.54) is 4.90 Å². The van der Waals surface area contributed by atoms with E-state index in [2.05, 4.69) is 15.6 Å². The molecule has 0 bridgehead atoms. The average molecular weight is 489 g/mol. The third-order valence-corrected chi connectivity index (χ3v) is 7.03. The maximum Gasteiger partial charge on any atom is 0.326 e. The van der Waals surface area contributed by atoms with Crippen LogP contribution < -0.4 is 10.6 Å². The van der Waals surface area contributed by atoms with E-state index >= 15 is 0 Å². The first-order valence-electron chi connectivity index (χ1n) is 11.6. The predicted molar refractivity (Wildman–Crippen MR) is 126 cm³/mol. The summed E-state index contributed by atoms with van der Waals surface area (Å²) in [6.45, 7) is 0.578. The zero-order chi connectivity index (χ0) is 24.4. The fourth-order valence-corrected chi connectivity index (χ4v) is 4.74. The van der Waals surface area contributed by atoms with Crippen molar-refractivity contribution in [2.75, 3.05) is 13.6 Å². The number of nitrogens with zero attached hydrogens (tertiary/aromatic N) is 1. The van der Waals surface area contributed by atoms with Gasteiger partial charge in [0.25, 0.3) is 5.91 Å². The number of rotatable bonds is 9. The number of amides is 3. The van der Waals surface area contributed by atoms with Gasteiger partial charge in [0.05, 0.1) is 10.5 Å². The second-order valence-electron chi connectivity index (χ2n) is 9.26. The molecule has 3 atom stereocenters. The molecular weight excluding hydrogens is 460 g/mol. The number of benzene rings is 1. The fraction of sp³-hybridized carbons (Fsp3) is 0.500. The Morgan fingerprint density at radius 1 is 1.24 bits per heavy atom. The number of likely N-dealkylation sites (N-methyl/N-ethyl adjacent to an activating group) is 1. The first kappa shape index (κ1) is 24.1. The van der Waals surface area contributed by atoms with Crippen molar-refractivity contribution in [2.45, 2.75) is 50.6 Å². The van der Waals surface area contributed by atoms with Gasteiger partial charge in [0.2, 0.25) is 11.8 Å². The van der Waals surface area contributed by atoms with Crippen LogP contribution in [0.2, 0.25) is 5.02 Å². The molecule has 34 heavy (non-hydrogen) atoms. The van der Waals surface area contributed by atoms with Crippen LogP contribution in [0, 0.1) is 11.8 Å². The fourth-order valence-electron chi connectivity index (χ4n) is 4.51. The van der Waals surface area contributed by atoms with Crippen LogP contribution in [-0.4, -0.2) is 64.4 Å². The first-order chi connectivity index (χ1) is 16.2. The third-order valence-electron chi connectivity index (χ3n) is 6.71. The quantitative estimate of drug-likeness (QED) is 0.430. The molecule has 1 aromatic heterocycles. The van der Waals surface area contributed by atoms with Crippen molar-refractivity contribution >= 4 is 46.2 Å². The molecule has 2 aliphatic rings. The van der Waals surface area contributed by atoms with Gasteiger partial charge in [0, 0.05) is 24.9 Å². The number of nitrogens with one attached hydrogen (secondary N) is 3. The Morgan fingerprint density at radius 3 is 2.65 bits per heavy atom. The summed E-state index contributed by atoms with van der Waals surface area (Å²) in [7, 11) is 1.55. The van der Waals surface area contributed by atoms with Gasteiger partial charge >= 0.3 is 5.97 Å². The number of aromatic amines is 1. The van der Waals surface area contributed by atoms with E-state index in [0.717, 1.165) is 24.6 Å². The summed E-state index contributed by atoms with van der Waals surface area (Å²) in [5, 5.41) is 16.3. The van der Waals surface area contributed by atoms with Crippen molar-refractivity contribution in [3.05, 3.63) is 35.0 Å². The van der Waals surface area contributed by atoms with Crippen molar-refractivity contribution in [3.8, 4) is 0 Å². The van der Waals surface area contributed by atoms with Crippen molar-refractivity contribution in [3.63, 3.8) is 0 Å². The van der Waals surface area contributed by atoms with Crippen LogP contribution in [0.4, 0.5) is 0 Å². The van der Waals surface area contributed by atoms with E-state index in [4.69, 9.17) is 11.6 Å². The molecule has 182 valence electrons. The third kappa shape index (κ3) is 5.35. The molecule has 1 aliphatic heterocycles. The van der Waals surface area contributed by atoms with Crippen LogP contribution in [0.5, 0.6) is 0 Å². The van der Waals surface area contributed by atoms with Gasteiger partial charge in [-0.2, -0.15) is 0 Å². The second kappa shape index (κ2) is 10.0. The lowest BCUT2D eigenvalue weighted by molar-refractivity contribution is -0.143. The molecule has 3 amide bonds. The Bertz CT molecular complexity index is 1110. The summed E-state index contributed by atoms with van der Waals surface area (Å²) in [6.07, 6.45) is 3.76. The molecule has 4 rings (SSSR count). The van der Waals surface area contributed by atoms with Crippen molar-refractivity contribution in [2.24, 2.45) is 11.8 Å². The van der Waals surface area contributed by atoms with Crippen LogP contribution in [0.1, 0.15) is 49.0 Å². The maximum atomic E-state index is 13.3. The summed E-state index contributed by atoms with van der Waals surface area (Å²) in [5.41, 5.74) is 0.939. The highest BCUT2D eigenvalue weighted by Gasteiger charge is 2.37. The Morgan fingerprint density at radius 2 is 2.00 bits per heavy atom. The molecular formula is C24H29ClN4O5. The number of hydrogen-bond donors (Lipinski definition) is 4. The van der Waals surface area contributed by atoms with E-state index in [0.29, 0.717) is 41.5 Å². The normalized spacial score (nSPS) is 19.8. The maximum absolute atomic E-state index is 13.3. The number of carboxylic acids is 1. The summed E-state index contributed by atoms with van der Waals surface area (Å²) in [4.78, 5) is 54.9. The standard InChI is InChI=1S/C24H29ClN4O5/c1-29(23(32)17-11-14-4-2-6-16(25)20(14)27-17)19(10-13-7-8-13)22(31)28-18(24(33)34)12-15-5-3-9-26-21(15)30/h2,4,6,11,13,15,18-19,27H,3,5,7-10,12H2,1H3,(H,26,30)(H,28,31)(H,33,34). The lowest BCUT2D eigenvalue weighted by atomic mass is 9.91. The van der Waals surface area contributed by atoms with Gasteiger partial charge in [-0.3, -0.25) is 14.4 Å². The van der Waals surface area contributed by atoms with E-state index < -0.39 is 29.9 Å². The number of fused-ring (bicyclic) bond motifs is 1. The smallest absolute Gasteiger partial charge is 0.326 e. The topological polar surface area (TPSA) is 132 Å². The minimum absolute atomic E-state index is 0.0151. The van der Waals surface area contributed by atoms with Crippen LogP contribution in [0.3, 0.4) is 0 Å². The van der Waals surface area contributed by atoms with E-state index in [9.17, 15) is 24.3 Å². The van der Waals surface area contributed by atoms with Crippen LogP contribution in [-0.2, 0) is 14.4 Å². The molecule has 0 radical (unpaired) electrons. The van der Waals surface area contributed by atoms with Gasteiger partial charge in [0.1, 0.15) is 17.8 Å². The van der Waals surface area contributed by atoms with Crippen LogP contribution >= 0.6 is 11.6 Å². The van der Waals surface area contributed by atoms with E-state index in [-0.39, 0.29) is 18.2 Å². The van der Waals surface area contributed by atoms with Gasteiger partial charge in [0.15, 0.2) is 0 Å². The number of H-pyrrole nitrogens is 1. The van der Waals surface area contributed by atoms with Crippen molar-refractivity contribution in [1.29, 1.82) is 0 Å². The van der Waals surface area contributed by atoms with Gasteiger partial charge in [-0.25, -0.2) is 4.79 Å². The van der Waals surface area contributed by atoms with Crippen LogP contribution in [0.25, 0.3) is 10.9 Å². The Kier molecular flexibility index (Phi) is 7.11. The summed E-state index contributed by atoms with van der Waals surface area (Å²) in [5.74, 6) is -2.45. The van der Waals surface area contributed by atoms with Gasteiger partial charge in [-0.05, 0) is 43.7 Å². The largest absolute Gasteiger partial charge is 0.480 e. The summed E-state index contributed by atoms with van der Waals surface area (Å²) >= 11 is 6.22. The molecule has 3 unspecified atom stereocenters. The minimum atomic E-state index is -1.21. The van der Waals surface area contributed by atoms with E-state index in [1.807, 2.05) is 6.07 Å². The molecule has 1 saturated carbocycles. The number of carboxylic acid groups (broad SMARTS) is 1. The molecule has 1 aliphatic carbocycles. The second-order valence-corrected chi connectivity index (χ2v) is 9.67. The molecule has 2 fully saturated rings. The number of aliphatic carboxylic acids is 1. The molecule has 10 heteroatoms. The van der Waals surface area contributed by atoms with Gasteiger partial charge in [-0.15, -0.1) is 0 Å². The summed E-state index contributed by atoms with van der Waals surface area (Å²) in [6, 6.07) is 5.00. The Hall–Kier alpha value is -3.07. The highest BCUT2D eigenvalue weighted by molar-refractivity contribution is 6.35. The Labute approximate surface area is 202 Å². The first-order valence-corrected chi connectivity index (χ1v) is 12.0. The van der Waals surface area contributed by atoms with Crippen molar-refractivity contribution in [1.82, 2.24) is 20.5 Å². The SMILES string of the molecule is CN(C(=O)c1cc2cccc(Cl)c2[nH]1)C(CC1CC1)C(=O)NC(CC1CCCNC1=O)C(=O)O. The number of aromatic nitrogens is 1. The minimum Gasteiger partial charge on any atom is -0.480 e. The van der Waals surface area contributed by atoms with Crippen LogP contribution in [0.15, 0.2) is 24.3 Å². The number of carbonyl (C=O) groups excluding carboxylic acids is 3. The summed E-state index contributed by atoms with van der Waals surface area (Å²) < 4.78 is 0. The van der Waals surface area contributed by atoms with Gasteiger partial charge < -0.3 is 25.6 Å². The lowest BCUT2D eigenvalue weighted by Gasteiger charge is -2.30. The van der Waals surface area contributed by atoms with Crippen molar-refractivity contribution < 1.29 is 24.3 Å². The molecule has 2 aromatic rings. The monoisotopic (exact) mass is 488 g/mol. The zero-order valence-corrected chi connectivity index (χ0v) is 19.7. The molecule has 1 aromatic carbocycles. The van der Waals surface area contributed by atoms with Gasteiger partial charge in [-0.1, -0.05) is 36.6 Å². The number of para-hydroxylation sites is 1. The highest BCUT2D eigenvalue weighted by Crippen LogP contribution is 2.35. The average Bonchev–Trinajstić information content (AvgIpc) is 3.52. The number of piperidine rings is 1. The van der Waals surface area contributed by atoms with E-state index in [1.54, 1.807) is 25.2 Å². The molecule has 4 N–H and O–H groups in total. The number of halogens is 1. The molecule has 1 saturated heterocycles. The predicted octanol–water partition coefficient (Wildman–Crippen LogP) is 2.55. The lowest BCUT2D eigenvalue weighted by Crippen LogP contribution is -2.53. The Balaban J connectivity index is 1.50. The molecule has 2 heterocycles.